The fraction of sp³-hybridized carbons (Fsp3) is 0.696. The number of piperidine rings is 2. The van der Waals surface area contributed by atoms with Gasteiger partial charge in [0.2, 0.25) is 11.8 Å². The second kappa shape index (κ2) is 9.88. The lowest BCUT2D eigenvalue weighted by atomic mass is 9.84. The Balaban J connectivity index is 1.19. The zero-order valence-corrected chi connectivity index (χ0v) is 17.8. The van der Waals surface area contributed by atoms with Crippen LogP contribution in [-0.2, 0) is 9.59 Å². The van der Waals surface area contributed by atoms with Crippen molar-refractivity contribution in [1.82, 2.24) is 15.6 Å². The predicted molar refractivity (Wildman–Crippen MR) is 117 cm³/mol. The van der Waals surface area contributed by atoms with E-state index in [-0.39, 0.29) is 17.7 Å². The Bertz CT molecular complexity index is 722. The molecule has 30 heavy (non-hydrogen) atoms. The van der Waals surface area contributed by atoms with Crippen LogP contribution < -0.4 is 21.3 Å². The number of aromatic nitrogens is 1. The average Bonchev–Trinajstić information content (AvgIpc) is 2.76. The van der Waals surface area contributed by atoms with Gasteiger partial charge >= 0.3 is 0 Å². The summed E-state index contributed by atoms with van der Waals surface area (Å²) < 4.78 is 0. The Morgan fingerprint density at radius 1 is 1.07 bits per heavy atom. The number of carbonyl (C=O) groups is 2. The lowest BCUT2D eigenvalue weighted by Gasteiger charge is -2.34. The second-order valence-corrected chi connectivity index (χ2v) is 9.23. The van der Waals surface area contributed by atoms with Crippen molar-refractivity contribution in [3.8, 4) is 0 Å². The Labute approximate surface area is 179 Å². The van der Waals surface area contributed by atoms with Crippen molar-refractivity contribution in [2.24, 2.45) is 11.7 Å². The molecule has 164 valence electrons. The van der Waals surface area contributed by atoms with Crippen LogP contribution in [0, 0.1) is 5.92 Å². The van der Waals surface area contributed by atoms with E-state index >= 15 is 0 Å². The maximum Gasteiger partial charge on any atom is 0.235 e. The van der Waals surface area contributed by atoms with Gasteiger partial charge in [-0.1, -0.05) is 0 Å². The van der Waals surface area contributed by atoms with Crippen LogP contribution >= 0.6 is 0 Å². The summed E-state index contributed by atoms with van der Waals surface area (Å²) in [5.41, 5.74) is 7.87. The van der Waals surface area contributed by atoms with Gasteiger partial charge in [-0.3, -0.25) is 19.9 Å². The van der Waals surface area contributed by atoms with Gasteiger partial charge in [-0.25, -0.2) is 0 Å². The van der Waals surface area contributed by atoms with Gasteiger partial charge in [0, 0.05) is 31.6 Å². The number of nitrogens with zero attached hydrogens (tertiary/aromatic N) is 2. The van der Waals surface area contributed by atoms with Gasteiger partial charge in [-0.2, -0.15) is 0 Å². The van der Waals surface area contributed by atoms with E-state index in [4.69, 9.17) is 5.73 Å². The molecule has 7 nitrogen and oxygen atoms in total. The molecule has 3 fully saturated rings. The number of nitrogens with two attached hydrogens (primary N) is 1. The monoisotopic (exact) mass is 413 g/mol. The number of rotatable bonds is 6. The number of nitrogens with one attached hydrogen (secondary N) is 2. The highest BCUT2D eigenvalue weighted by atomic mass is 16.2. The summed E-state index contributed by atoms with van der Waals surface area (Å²) in [5, 5.41) is 6.18. The minimum absolute atomic E-state index is 0.188. The molecule has 1 aromatic heterocycles. The van der Waals surface area contributed by atoms with Crippen molar-refractivity contribution < 1.29 is 9.59 Å². The zero-order chi connectivity index (χ0) is 20.9. The third-order valence-corrected chi connectivity index (χ3v) is 7.10. The van der Waals surface area contributed by atoms with E-state index < -0.39 is 0 Å². The first-order valence-corrected chi connectivity index (χ1v) is 11.6. The molecule has 2 amide bonds. The van der Waals surface area contributed by atoms with Crippen molar-refractivity contribution in [2.45, 2.75) is 75.8 Å². The van der Waals surface area contributed by atoms with Crippen molar-refractivity contribution in [3.05, 3.63) is 24.0 Å². The molecule has 1 aromatic rings. The molecule has 0 radical (unpaired) electrons. The van der Waals surface area contributed by atoms with Gasteiger partial charge in [-0.15, -0.1) is 0 Å². The smallest absolute Gasteiger partial charge is 0.235 e. The van der Waals surface area contributed by atoms with E-state index in [1.54, 1.807) is 0 Å². The van der Waals surface area contributed by atoms with Crippen molar-refractivity contribution in [2.75, 3.05) is 24.5 Å². The van der Waals surface area contributed by atoms with Crippen LogP contribution in [0.15, 0.2) is 18.3 Å². The van der Waals surface area contributed by atoms with E-state index in [0.717, 1.165) is 49.8 Å². The highest BCUT2D eigenvalue weighted by molar-refractivity contribution is 6.00. The number of hydrogen-bond acceptors (Lipinski definition) is 6. The summed E-state index contributed by atoms with van der Waals surface area (Å²) >= 11 is 0. The minimum atomic E-state index is -0.313. The molecule has 2 saturated heterocycles. The summed E-state index contributed by atoms with van der Waals surface area (Å²) in [6.07, 6.45) is 11.3. The molecule has 3 aliphatic rings. The number of carbonyl (C=O) groups excluding carboxylic acids is 2. The van der Waals surface area contributed by atoms with Crippen LogP contribution in [0.1, 0.15) is 69.4 Å². The Morgan fingerprint density at radius 2 is 1.83 bits per heavy atom. The molecule has 0 bridgehead atoms. The molecule has 1 atom stereocenters. The molecule has 4 N–H and O–H groups in total. The standard InChI is InChI=1S/C23H35N5O2/c24-17-3-1-16(2-4-17)9-12-25-18-10-13-28(14-11-18)19-5-7-21(26-15-19)20-6-8-22(29)27-23(20)30/h5,7,15-18,20,25H,1-4,6,8-14,24H2,(H,27,29,30). The highest BCUT2D eigenvalue weighted by Gasteiger charge is 2.29. The number of amides is 2. The summed E-state index contributed by atoms with van der Waals surface area (Å²) in [5.74, 6) is 0.125. The molecule has 0 spiro atoms. The first-order chi connectivity index (χ1) is 14.6. The van der Waals surface area contributed by atoms with Crippen molar-refractivity contribution in [3.63, 3.8) is 0 Å². The topological polar surface area (TPSA) is 100 Å². The number of hydrogen-bond donors (Lipinski definition) is 3. The van der Waals surface area contributed by atoms with Crippen LogP contribution in [0.4, 0.5) is 5.69 Å². The SMILES string of the molecule is NC1CCC(CCNC2CCN(c3ccc(C4CCC(=O)NC4=O)nc3)CC2)CC1. The summed E-state index contributed by atoms with van der Waals surface area (Å²) in [7, 11) is 0. The molecule has 2 aliphatic heterocycles. The number of anilines is 1. The van der Waals surface area contributed by atoms with Crippen molar-refractivity contribution >= 4 is 17.5 Å². The Hall–Kier alpha value is -1.99. The van der Waals surface area contributed by atoms with Gasteiger partial charge in [-0.05, 0) is 76.0 Å². The number of imide groups is 1. The van der Waals surface area contributed by atoms with Crippen LogP contribution in [0.2, 0.25) is 0 Å². The lowest BCUT2D eigenvalue weighted by Crippen LogP contribution is -2.43. The Kier molecular flexibility index (Phi) is 7.00. The van der Waals surface area contributed by atoms with Crippen LogP contribution in [0.5, 0.6) is 0 Å². The van der Waals surface area contributed by atoms with E-state index in [0.29, 0.717) is 24.9 Å². The third kappa shape index (κ3) is 5.38. The second-order valence-electron chi connectivity index (χ2n) is 9.23. The largest absolute Gasteiger partial charge is 0.370 e. The molecular formula is C23H35N5O2. The van der Waals surface area contributed by atoms with Gasteiger partial charge in [0.1, 0.15) is 0 Å². The van der Waals surface area contributed by atoms with Gasteiger partial charge < -0.3 is 16.0 Å². The lowest BCUT2D eigenvalue weighted by molar-refractivity contribution is -0.134. The molecule has 3 heterocycles. The summed E-state index contributed by atoms with van der Waals surface area (Å²) in [4.78, 5) is 30.3. The normalized spacial score (nSPS) is 28.4. The molecule has 4 rings (SSSR count). The minimum Gasteiger partial charge on any atom is -0.370 e. The van der Waals surface area contributed by atoms with E-state index in [2.05, 4.69) is 26.6 Å². The summed E-state index contributed by atoms with van der Waals surface area (Å²) in [6, 6.07) is 5.04. The predicted octanol–water partition coefficient (Wildman–Crippen LogP) is 2.07. The quantitative estimate of drug-likeness (QED) is 0.618. The first-order valence-electron chi connectivity index (χ1n) is 11.6. The molecule has 0 aromatic carbocycles. The highest BCUT2D eigenvalue weighted by Crippen LogP contribution is 2.27. The maximum atomic E-state index is 12.0. The van der Waals surface area contributed by atoms with E-state index in [1.807, 2.05) is 12.3 Å². The number of pyridine rings is 1. The average molecular weight is 414 g/mol. The molecule has 1 unspecified atom stereocenters. The van der Waals surface area contributed by atoms with Crippen LogP contribution in [0.25, 0.3) is 0 Å². The zero-order valence-electron chi connectivity index (χ0n) is 17.8. The maximum absolute atomic E-state index is 12.0. The van der Waals surface area contributed by atoms with Crippen LogP contribution in [-0.4, -0.2) is 48.5 Å². The Morgan fingerprint density at radius 3 is 2.50 bits per heavy atom. The van der Waals surface area contributed by atoms with E-state index in [1.165, 1.54) is 32.1 Å². The fourth-order valence-electron chi connectivity index (χ4n) is 5.08. The fourth-order valence-corrected chi connectivity index (χ4v) is 5.08. The third-order valence-electron chi connectivity index (χ3n) is 7.10. The van der Waals surface area contributed by atoms with Crippen LogP contribution in [0.3, 0.4) is 0 Å². The molecule has 7 heteroatoms. The molecular weight excluding hydrogens is 378 g/mol. The van der Waals surface area contributed by atoms with Gasteiger partial charge in [0.15, 0.2) is 0 Å². The molecule has 1 aliphatic carbocycles. The van der Waals surface area contributed by atoms with E-state index in [9.17, 15) is 9.59 Å². The molecule has 1 saturated carbocycles. The van der Waals surface area contributed by atoms with Gasteiger partial charge in [0.05, 0.1) is 23.5 Å². The van der Waals surface area contributed by atoms with Gasteiger partial charge in [0.25, 0.3) is 0 Å². The summed E-state index contributed by atoms with van der Waals surface area (Å²) in [6.45, 7) is 3.16. The first kappa shape index (κ1) is 21.2. The van der Waals surface area contributed by atoms with Crippen molar-refractivity contribution in [1.29, 1.82) is 0 Å².